The van der Waals surface area contributed by atoms with Crippen LogP contribution in [-0.4, -0.2) is 67.5 Å². The van der Waals surface area contributed by atoms with Gasteiger partial charge in [0.05, 0.1) is 30.7 Å². The maximum absolute atomic E-state index is 11.8. The van der Waals surface area contributed by atoms with Crippen LogP contribution in [0.4, 0.5) is 0 Å². The number of carbonyl (C=O) groups is 1. The zero-order valence-electron chi connectivity index (χ0n) is 20.3. The fourth-order valence-corrected chi connectivity index (χ4v) is 5.44. The van der Waals surface area contributed by atoms with Crippen molar-refractivity contribution in [3.8, 4) is 0 Å². The van der Waals surface area contributed by atoms with Gasteiger partial charge in [0, 0.05) is 6.42 Å². The Morgan fingerprint density at radius 2 is 1.55 bits per heavy atom. The molecule has 0 aromatic rings. The van der Waals surface area contributed by atoms with Gasteiger partial charge in [-0.2, -0.15) is 8.42 Å². The topological polar surface area (TPSA) is 119 Å². The summed E-state index contributed by atoms with van der Waals surface area (Å²) in [5, 5.41) is 20.7. The van der Waals surface area contributed by atoms with Gasteiger partial charge in [0.15, 0.2) is 0 Å². The van der Waals surface area contributed by atoms with Crippen molar-refractivity contribution in [3.63, 3.8) is 0 Å². The van der Waals surface area contributed by atoms with Crippen LogP contribution in [0.3, 0.4) is 0 Å². The maximum Gasteiger partial charge on any atom is 0.306 e. The quantitative estimate of drug-likeness (QED) is 0.179. The lowest BCUT2D eigenvalue weighted by molar-refractivity contribution is -0.148. The summed E-state index contributed by atoms with van der Waals surface area (Å²) in [6.45, 7) is 2.20. The summed E-state index contributed by atoms with van der Waals surface area (Å²) in [4.78, 5) is 11.4. The van der Waals surface area contributed by atoms with E-state index in [4.69, 9.17) is 13.7 Å². The highest BCUT2D eigenvalue weighted by Gasteiger charge is 2.41. The minimum atomic E-state index is -3.71. The molecule has 0 bridgehead atoms. The van der Waals surface area contributed by atoms with Crippen LogP contribution in [0.25, 0.3) is 0 Å². The van der Waals surface area contributed by atoms with Crippen molar-refractivity contribution < 1.29 is 37.1 Å². The molecule has 2 fully saturated rings. The highest BCUT2D eigenvalue weighted by Crippen LogP contribution is 2.33. The summed E-state index contributed by atoms with van der Waals surface area (Å²) < 4.78 is 40.2. The Balaban J connectivity index is 1.72. The SMILES string of the molecule is CCCCCCCCCC[C@@H](O)[C@H](O)CC[C@H](OS(C)(=O)=O)[C@@H]1CC[C@@H]([C@H]2CCC(=O)O2)O1. The number of cyclic esters (lactones) is 1. The summed E-state index contributed by atoms with van der Waals surface area (Å²) in [7, 11) is -3.71. The molecule has 2 N–H and O–H groups in total. The number of rotatable bonds is 17. The summed E-state index contributed by atoms with van der Waals surface area (Å²) in [6, 6.07) is 0. The van der Waals surface area contributed by atoms with Gasteiger partial charge in [-0.15, -0.1) is 0 Å². The van der Waals surface area contributed by atoms with Crippen LogP contribution in [0.5, 0.6) is 0 Å². The second-order valence-corrected chi connectivity index (χ2v) is 11.3. The molecule has 0 radical (unpaired) electrons. The third kappa shape index (κ3) is 11.0. The Kier molecular flexibility index (Phi) is 12.6. The van der Waals surface area contributed by atoms with Crippen LogP contribution in [0.2, 0.25) is 0 Å². The third-order valence-corrected chi connectivity index (χ3v) is 7.27. The largest absolute Gasteiger partial charge is 0.460 e. The van der Waals surface area contributed by atoms with Crippen molar-refractivity contribution in [2.24, 2.45) is 0 Å². The Bertz CT molecular complexity index is 667. The summed E-state index contributed by atoms with van der Waals surface area (Å²) >= 11 is 0. The second kappa shape index (κ2) is 14.6. The first-order chi connectivity index (χ1) is 15.7. The van der Waals surface area contributed by atoms with Gasteiger partial charge in [-0.25, -0.2) is 0 Å². The predicted octanol–water partition coefficient (Wildman–Crippen LogP) is 3.62. The van der Waals surface area contributed by atoms with Crippen LogP contribution in [0.1, 0.15) is 103 Å². The zero-order chi connectivity index (χ0) is 24.3. The van der Waals surface area contributed by atoms with E-state index in [-0.39, 0.29) is 31.0 Å². The van der Waals surface area contributed by atoms with E-state index in [2.05, 4.69) is 6.92 Å². The smallest absolute Gasteiger partial charge is 0.306 e. The monoisotopic (exact) mass is 492 g/mol. The summed E-state index contributed by atoms with van der Waals surface area (Å²) in [5.74, 6) is -0.232. The number of aliphatic hydroxyl groups excluding tert-OH is 2. The molecule has 6 atom stereocenters. The van der Waals surface area contributed by atoms with Gasteiger partial charge in [-0.3, -0.25) is 8.98 Å². The van der Waals surface area contributed by atoms with Crippen molar-refractivity contribution in [3.05, 3.63) is 0 Å². The molecule has 0 unspecified atom stereocenters. The van der Waals surface area contributed by atoms with E-state index in [0.717, 1.165) is 25.5 Å². The number of esters is 1. The molecule has 0 aromatic carbocycles. The molecule has 2 aliphatic rings. The highest BCUT2D eigenvalue weighted by atomic mass is 32.2. The van der Waals surface area contributed by atoms with Gasteiger partial charge in [0.1, 0.15) is 12.2 Å². The fraction of sp³-hybridized carbons (Fsp3) is 0.958. The van der Waals surface area contributed by atoms with Crippen molar-refractivity contribution in [1.82, 2.24) is 0 Å². The van der Waals surface area contributed by atoms with E-state index < -0.39 is 34.5 Å². The molecule has 0 spiro atoms. The van der Waals surface area contributed by atoms with Gasteiger partial charge < -0.3 is 19.7 Å². The van der Waals surface area contributed by atoms with Gasteiger partial charge in [-0.1, -0.05) is 58.3 Å². The van der Waals surface area contributed by atoms with Crippen molar-refractivity contribution >= 4 is 16.1 Å². The second-order valence-electron chi connectivity index (χ2n) is 9.67. The van der Waals surface area contributed by atoms with E-state index in [1.54, 1.807) is 0 Å². The average Bonchev–Trinajstić information content (AvgIpc) is 3.41. The summed E-state index contributed by atoms with van der Waals surface area (Å²) in [6.07, 6.45) is 10.1. The molecule has 2 aliphatic heterocycles. The molecule has 194 valence electrons. The average molecular weight is 493 g/mol. The molecular weight excluding hydrogens is 448 g/mol. The van der Waals surface area contributed by atoms with Crippen molar-refractivity contribution in [2.75, 3.05) is 6.26 Å². The maximum atomic E-state index is 11.8. The first-order valence-electron chi connectivity index (χ1n) is 12.8. The minimum Gasteiger partial charge on any atom is -0.460 e. The minimum absolute atomic E-state index is 0.224. The van der Waals surface area contributed by atoms with Crippen molar-refractivity contribution in [1.29, 1.82) is 0 Å². The Morgan fingerprint density at radius 1 is 0.909 bits per heavy atom. The lowest BCUT2D eigenvalue weighted by Crippen LogP contribution is -2.35. The van der Waals surface area contributed by atoms with E-state index in [1.165, 1.54) is 32.1 Å². The molecule has 0 aliphatic carbocycles. The molecular formula is C24H44O8S. The molecule has 33 heavy (non-hydrogen) atoms. The summed E-state index contributed by atoms with van der Waals surface area (Å²) in [5.41, 5.74) is 0. The molecule has 9 heteroatoms. The van der Waals surface area contributed by atoms with Gasteiger partial charge >= 0.3 is 5.97 Å². The highest BCUT2D eigenvalue weighted by molar-refractivity contribution is 7.86. The Hall–Kier alpha value is -0.740. The van der Waals surface area contributed by atoms with Crippen LogP contribution >= 0.6 is 0 Å². The number of ether oxygens (including phenoxy) is 2. The van der Waals surface area contributed by atoms with E-state index in [0.29, 0.717) is 32.1 Å². The number of hydrogen-bond donors (Lipinski definition) is 2. The number of carbonyl (C=O) groups excluding carboxylic acids is 1. The van der Waals surface area contributed by atoms with E-state index in [1.807, 2.05) is 0 Å². The number of aliphatic hydroxyl groups is 2. The van der Waals surface area contributed by atoms with Crippen LogP contribution in [0, 0.1) is 0 Å². The third-order valence-electron chi connectivity index (χ3n) is 6.67. The molecule has 0 amide bonds. The van der Waals surface area contributed by atoms with Crippen LogP contribution in [-0.2, 0) is 28.6 Å². The van der Waals surface area contributed by atoms with E-state index >= 15 is 0 Å². The first kappa shape index (κ1) is 28.5. The van der Waals surface area contributed by atoms with Crippen molar-refractivity contribution in [2.45, 2.75) is 140 Å². The van der Waals surface area contributed by atoms with Gasteiger partial charge in [-0.05, 0) is 38.5 Å². The van der Waals surface area contributed by atoms with Gasteiger partial charge in [0.2, 0.25) is 0 Å². The molecule has 0 saturated carbocycles. The molecule has 2 saturated heterocycles. The first-order valence-corrected chi connectivity index (χ1v) is 14.6. The molecule has 2 heterocycles. The van der Waals surface area contributed by atoms with Gasteiger partial charge in [0.25, 0.3) is 10.1 Å². The van der Waals surface area contributed by atoms with E-state index in [9.17, 15) is 23.4 Å². The molecule has 8 nitrogen and oxygen atoms in total. The normalized spacial score (nSPS) is 26.3. The predicted molar refractivity (Wildman–Crippen MR) is 125 cm³/mol. The lowest BCUT2D eigenvalue weighted by Gasteiger charge is -2.26. The van der Waals surface area contributed by atoms with Crippen LogP contribution < -0.4 is 0 Å². The Labute approximate surface area is 199 Å². The molecule has 2 rings (SSSR count). The fourth-order valence-electron chi connectivity index (χ4n) is 4.77. The van der Waals surface area contributed by atoms with Crippen LogP contribution in [0.15, 0.2) is 0 Å². The standard InChI is InChI=1S/C24H44O8S/c1-3-4-5-6-7-8-9-10-11-18(25)19(26)12-13-23(32-33(2,28)29)22-15-14-20(30-22)21-16-17-24(27)31-21/h18-23,25-26H,3-17H2,1-2H3/t18-,19-,20+,21-,22+,23+/m1/s1. The molecule has 0 aromatic heterocycles. The number of unbranched alkanes of at least 4 members (excludes halogenated alkanes) is 7. The Morgan fingerprint density at radius 3 is 2.15 bits per heavy atom. The lowest BCUT2D eigenvalue weighted by atomic mass is 9.97. The number of hydrogen-bond acceptors (Lipinski definition) is 8. The zero-order valence-corrected chi connectivity index (χ0v) is 21.1.